The van der Waals surface area contributed by atoms with E-state index in [9.17, 15) is 2.74 Å². The molecule has 6 aliphatic rings. The van der Waals surface area contributed by atoms with E-state index >= 15 is 0 Å². The monoisotopic (exact) mass is 1920 g/mol. The van der Waals surface area contributed by atoms with Crippen molar-refractivity contribution in [3.63, 3.8) is 0 Å². The summed E-state index contributed by atoms with van der Waals surface area (Å²) in [7, 11) is 0. The molecule has 11 aromatic carbocycles. The van der Waals surface area contributed by atoms with Crippen molar-refractivity contribution in [1.29, 1.82) is 0 Å². The van der Waals surface area contributed by atoms with Gasteiger partial charge in [0.25, 0.3) is 0 Å². The molecule has 0 radical (unpaired) electrons. The van der Waals surface area contributed by atoms with Crippen LogP contribution >= 0.6 is 0 Å². The summed E-state index contributed by atoms with van der Waals surface area (Å²) in [4.78, 5) is 0. The van der Waals surface area contributed by atoms with Crippen LogP contribution in [0.3, 0.4) is 0 Å². The Morgan fingerprint density at radius 1 is 0.239 bits per heavy atom. The molecule has 0 nitrogen and oxygen atoms in total. The van der Waals surface area contributed by atoms with Crippen LogP contribution in [0, 0.1) is 12.8 Å². The van der Waals surface area contributed by atoms with Gasteiger partial charge in [0.2, 0.25) is 0 Å². The van der Waals surface area contributed by atoms with Gasteiger partial charge >= 0.3 is 0 Å². The zero-order valence-corrected chi connectivity index (χ0v) is 94.6. The first-order valence-electron chi connectivity index (χ1n) is 64.2. The van der Waals surface area contributed by atoms with Gasteiger partial charge in [0.05, 0.1) is 19.2 Å². The fourth-order valence-electron chi connectivity index (χ4n) is 23.0. The predicted molar refractivity (Wildman–Crippen MR) is 630 cm³/mol. The Balaban J connectivity index is 0.000000187. The van der Waals surface area contributed by atoms with Crippen molar-refractivity contribution < 1.29 is 23.3 Å². The molecule has 17 rings (SSSR count). The third kappa shape index (κ3) is 34.5. The average Bonchev–Trinajstić information content (AvgIpc) is 0.736. The summed E-state index contributed by atoms with van der Waals surface area (Å²) in [5, 5.41) is 0. The lowest BCUT2D eigenvalue weighted by Gasteiger charge is -2.35. The molecule has 6 aliphatic carbocycles. The van der Waals surface area contributed by atoms with E-state index < -0.39 is 35.3 Å². The molecule has 768 valence electrons. The molecule has 0 heteroatoms. The molecular weight excluding hydrogens is 1710 g/mol. The second-order valence-electron chi connectivity index (χ2n) is 50.9. The molecule has 142 heavy (non-hydrogen) atoms. The van der Waals surface area contributed by atoms with Gasteiger partial charge in [-0.05, 0) is 303 Å². The third-order valence-corrected chi connectivity index (χ3v) is 29.8. The van der Waals surface area contributed by atoms with Crippen molar-refractivity contribution in [2.24, 2.45) is 5.92 Å². The van der Waals surface area contributed by atoms with E-state index in [1.165, 1.54) is 218 Å². The fourth-order valence-corrected chi connectivity index (χ4v) is 23.0. The van der Waals surface area contributed by atoms with Crippen molar-refractivity contribution in [2.45, 2.75) is 485 Å². The quantitative estimate of drug-likeness (QED) is 0.114. The van der Waals surface area contributed by atoms with Crippen LogP contribution in [-0.4, -0.2) is 0 Å². The molecule has 0 aromatic heterocycles. The van der Waals surface area contributed by atoms with Gasteiger partial charge in [-0.25, -0.2) is 0 Å². The first kappa shape index (κ1) is 92.1. The van der Waals surface area contributed by atoms with Crippen LogP contribution in [0.2, 0.25) is 0 Å². The van der Waals surface area contributed by atoms with Crippen LogP contribution in [0.4, 0.5) is 0 Å². The largest absolute Gasteiger partial charge is 0.0629 e. The van der Waals surface area contributed by atoms with Crippen LogP contribution in [0.25, 0.3) is 33.4 Å². The van der Waals surface area contributed by atoms with Gasteiger partial charge in [-0.3, -0.25) is 0 Å². The molecule has 0 bridgehead atoms. The lowest BCUT2D eigenvalue weighted by atomic mass is 9.70. The smallest absolute Gasteiger partial charge is 0.0625 e. The van der Waals surface area contributed by atoms with Gasteiger partial charge in [-0.2, -0.15) is 0 Å². The first-order valence-corrected chi connectivity index (χ1v) is 55.7. The summed E-state index contributed by atoms with van der Waals surface area (Å²) < 4.78 is 141. The van der Waals surface area contributed by atoms with E-state index in [0.29, 0.717) is 28.2 Å². The van der Waals surface area contributed by atoms with E-state index in [4.69, 9.17) is 20.6 Å². The van der Waals surface area contributed by atoms with Crippen LogP contribution in [0.1, 0.15) is 546 Å². The first-order chi connectivity index (χ1) is 74.1. The molecule has 6 fully saturated rings. The minimum Gasteiger partial charge on any atom is -0.0625 e. The van der Waals surface area contributed by atoms with Gasteiger partial charge < -0.3 is 0 Å². The molecule has 0 amide bonds. The maximum absolute atomic E-state index is 9.20. The summed E-state index contributed by atoms with van der Waals surface area (Å²) in [6.45, 7) is 63.9. The lowest BCUT2D eigenvalue weighted by molar-refractivity contribution is 0.420. The van der Waals surface area contributed by atoms with Gasteiger partial charge in [0.15, 0.2) is 0 Å². The topological polar surface area (TPSA) is 0 Å². The minimum atomic E-state index is -0.608. The van der Waals surface area contributed by atoms with Crippen LogP contribution < -0.4 is 0 Å². The van der Waals surface area contributed by atoms with E-state index in [0.717, 1.165) is 67.8 Å². The Bertz CT molecular complexity index is 6340. The SMILES string of the molecule is CC(C)(C)c1c(C2CCCCC2)cccc1C1CCCCC1.CC(C)(C)c1ccccc1C1CCCCC1.CC(C)Cc1ccccc1C(C)(C)C.CC(C)c1ccccc1C(C)(C)C.[2H]C1(c2cccc(C3([2H])CCCCC3)c2C(C)(C)C)CCCCC1.[2H]C1(c2ccccc2C(C)(C)C)CCCCC1.[2H]c1c([2H])c([2H])c(-c2cccc(-c3c([2H])c([2H])c(C)c([2H])c3[2H])c2C(C)(C)C)c([2H])c1[2H].[2H]c1c([2H])c([2H])c(-c2ccccc2C(C)(C)C)c([2H])c1[2H]. The molecular formula is C142H200. The molecule has 0 unspecified atom stereocenters. The zero-order valence-electron chi connectivity index (χ0n) is 112. The highest BCUT2D eigenvalue weighted by atomic mass is 14.4. The third-order valence-electron chi connectivity index (χ3n) is 29.8. The molecule has 0 heterocycles. The highest BCUT2D eigenvalue weighted by Gasteiger charge is 2.35. The second kappa shape index (κ2) is 53.7. The Kier molecular flexibility index (Phi) is 34.8. The summed E-state index contributed by atoms with van der Waals surface area (Å²) in [5.74, 6) is 2.61. The normalized spacial score (nSPS) is 18.8. The van der Waals surface area contributed by atoms with Gasteiger partial charge in [0, 0.05) is 4.11 Å². The summed E-state index contributed by atoms with van der Waals surface area (Å²) in [6, 6.07) is 57.7. The minimum absolute atomic E-state index is 0.0110. The van der Waals surface area contributed by atoms with Crippen LogP contribution in [0.5, 0.6) is 0 Å². The molecule has 0 saturated heterocycles. The Morgan fingerprint density at radius 3 is 0.887 bits per heavy atom. The second-order valence-corrected chi connectivity index (χ2v) is 50.9. The highest BCUT2D eigenvalue weighted by Crippen LogP contribution is 2.50. The van der Waals surface area contributed by atoms with E-state index in [2.05, 4.69) is 286 Å². The highest BCUT2D eigenvalue weighted by molar-refractivity contribution is 5.80. The van der Waals surface area contributed by atoms with Crippen molar-refractivity contribution in [1.82, 2.24) is 0 Å². The summed E-state index contributed by atoms with van der Waals surface area (Å²) in [6.07, 6.45) is 39.4. The van der Waals surface area contributed by atoms with E-state index in [-0.39, 0.29) is 133 Å². The van der Waals surface area contributed by atoms with Crippen molar-refractivity contribution in [3.8, 4) is 33.4 Å². The lowest BCUT2D eigenvalue weighted by Crippen LogP contribution is -2.22. The number of benzene rings is 11. The molecule has 6 saturated carbocycles. The number of rotatable bonds is 12. The van der Waals surface area contributed by atoms with Gasteiger partial charge in [-0.1, -0.05) is 576 Å². The number of hydrogen-bond donors (Lipinski definition) is 0. The van der Waals surface area contributed by atoms with E-state index in [1.54, 1.807) is 46.0 Å². The van der Waals surface area contributed by atoms with Gasteiger partial charge in [-0.15, -0.1) is 0 Å². The molecule has 0 N–H and O–H groups in total. The van der Waals surface area contributed by atoms with Crippen molar-refractivity contribution in [3.05, 3.63) is 355 Å². The summed E-state index contributed by atoms with van der Waals surface area (Å²) >= 11 is 0. The van der Waals surface area contributed by atoms with Crippen molar-refractivity contribution >= 4 is 0 Å². The maximum Gasteiger partial charge on any atom is 0.0629 e. The summed E-state index contributed by atoms with van der Waals surface area (Å²) in [5.41, 5.74) is 24.9. The fraction of sp³-hybridized carbons (Fsp3) is 0.535. The van der Waals surface area contributed by atoms with Crippen LogP contribution in [0.15, 0.2) is 261 Å². The predicted octanol–water partition coefficient (Wildman–Crippen LogP) is 43.8. The molecule has 0 aliphatic heterocycles. The molecule has 0 spiro atoms. The zero-order chi connectivity index (χ0) is 118. The molecule has 11 aromatic rings. The maximum atomic E-state index is 9.20. The van der Waals surface area contributed by atoms with Crippen molar-refractivity contribution in [2.75, 3.05) is 0 Å². The Morgan fingerprint density at radius 2 is 0.514 bits per heavy atom. The van der Waals surface area contributed by atoms with Crippen LogP contribution in [-0.2, 0) is 49.7 Å². The standard InChI is InChI=1S/C23H24.2C22H34.2C16H24.C16H18.C14H22.C13H20/c1-17-13-15-19(16-14-17)21-12-8-11-20(22(21)23(2,3)4)18-9-6-5-7-10-18;2*1-22(2,3)21-19(17-11-6-4-7-12-17)15-10-16-20(21)18-13-8-5-9-14-18;3*1-16(2,3)15-12-8-7-11-14(15)13-9-5-4-6-10-13;1-11(2)10-12-8-6-7-9-13(12)14(3,4)5;1-10(2)11-8-6-7-9-12(11)13(3,4)5/h5-16H,1-4H3;2*10,15-18H,4-9,11-14H2,1-3H3;2*7-8,11-13H,4-6,9-10H2,1-3H3;4-12H,1-3H3;6-9,11H,10H2,1-5H3;6-10H,1-5H3/i5D,6D,7D,9D,10D,13D,14D,15D,16D;17D,18D;;13D;;4D,5D,6D,9D,10D;;. The van der Waals surface area contributed by atoms with E-state index in [1.807, 2.05) is 65.8 Å². The molecule has 0 atom stereocenters. The average molecular weight is 1920 g/mol. The van der Waals surface area contributed by atoms with Gasteiger partial charge in [0.1, 0.15) is 0 Å². The number of hydrogen-bond acceptors (Lipinski definition) is 0. The Hall–Kier alpha value is -8.58. The Labute approximate surface area is 897 Å².